The fourth-order valence-corrected chi connectivity index (χ4v) is 2.23. The SMILES string of the molecule is CC(C)(C)OO.OC(=NCCn1cccn1)c1cccc(C(O)=NCCn2cccn2)n1.[Co]. The van der Waals surface area contributed by atoms with Crippen LogP contribution in [0.15, 0.2) is 65.1 Å². The molecular formula is C21H29CoN7O4. The van der Waals surface area contributed by atoms with Crippen molar-refractivity contribution in [1.82, 2.24) is 24.5 Å². The zero-order chi connectivity index (χ0) is 23.4. The van der Waals surface area contributed by atoms with E-state index in [1.54, 1.807) is 60.7 Å². The number of hydrogen-bond acceptors (Lipinski definition) is 7. The van der Waals surface area contributed by atoms with Crippen molar-refractivity contribution in [2.75, 3.05) is 13.1 Å². The van der Waals surface area contributed by atoms with Crippen molar-refractivity contribution < 1.29 is 37.1 Å². The van der Waals surface area contributed by atoms with E-state index in [4.69, 9.17) is 5.26 Å². The molecule has 12 heteroatoms. The third kappa shape index (κ3) is 10.9. The van der Waals surface area contributed by atoms with Crippen LogP contribution in [0.25, 0.3) is 0 Å². The van der Waals surface area contributed by atoms with Crippen molar-refractivity contribution in [2.24, 2.45) is 9.98 Å². The molecular weight excluding hydrogens is 473 g/mol. The second-order valence-corrected chi connectivity index (χ2v) is 7.56. The van der Waals surface area contributed by atoms with E-state index in [9.17, 15) is 10.2 Å². The van der Waals surface area contributed by atoms with Crippen LogP contribution in [0, 0.1) is 0 Å². The monoisotopic (exact) mass is 502 g/mol. The summed E-state index contributed by atoms with van der Waals surface area (Å²) in [5.41, 5.74) is 0.147. The summed E-state index contributed by atoms with van der Waals surface area (Å²) in [4.78, 5) is 16.3. The number of rotatable bonds is 8. The van der Waals surface area contributed by atoms with Gasteiger partial charge in [-0.3, -0.25) is 14.6 Å². The first-order valence-electron chi connectivity index (χ1n) is 10.0. The Morgan fingerprint density at radius 3 is 1.64 bits per heavy atom. The maximum atomic E-state index is 10.1. The Bertz CT molecular complexity index is 915. The van der Waals surface area contributed by atoms with Gasteiger partial charge in [-0.25, -0.2) is 19.9 Å². The summed E-state index contributed by atoms with van der Waals surface area (Å²) in [7, 11) is 0. The van der Waals surface area contributed by atoms with E-state index < -0.39 is 5.60 Å². The van der Waals surface area contributed by atoms with E-state index in [1.165, 1.54) is 0 Å². The van der Waals surface area contributed by atoms with Crippen LogP contribution in [-0.4, -0.2) is 70.5 Å². The fraction of sp³-hybridized carbons (Fsp3) is 0.381. The molecule has 0 unspecified atom stereocenters. The molecule has 3 rings (SSSR count). The van der Waals surface area contributed by atoms with Crippen LogP contribution in [0.2, 0.25) is 0 Å². The molecule has 3 aromatic rings. The Hall–Kier alpha value is -3.06. The topological polar surface area (TPSA) is 143 Å². The predicted octanol–water partition coefficient (Wildman–Crippen LogP) is 2.76. The van der Waals surface area contributed by atoms with Gasteiger partial charge in [0.2, 0.25) is 11.8 Å². The largest absolute Gasteiger partial charge is 0.492 e. The molecule has 0 saturated heterocycles. The number of pyridine rings is 1. The maximum Gasteiger partial charge on any atom is 0.232 e. The predicted molar refractivity (Wildman–Crippen MR) is 120 cm³/mol. The van der Waals surface area contributed by atoms with Gasteiger partial charge in [0.25, 0.3) is 0 Å². The summed E-state index contributed by atoms with van der Waals surface area (Å²) in [6, 6.07) is 8.56. The van der Waals surface area contributed by atoms with Crippen molar-refractivity contribution in [1.29, 1.82) is 0 Å². The molecule has 0 atom stereocenters. The van der Waals surface area contributed by atoms with Gasteiger partial charge in [-0.2, -0.15) is 10.2 Å². The number of hydrogen-bond donors (Lipinski definition) is 3. The number of aromatic nitrogens is 5. The summed E-state index contributed by atoms with van der Waals surface area (Å²) >= 11 is 0. The molecule has 0 aliphatic carbocycles. The van der Waals surface area contributed by atoms with Gasteiger partial charge in [-0.1, -0.05) is 6.07 Å². The maximum absolute atomic E-state index is 10.1. The number of aliphatic imine (C=N–C) groups is 2. The number of aliphatic hydroxyl groups is 2. The van der Waals surface area contributed by atoms with E-state index >= 15 is 0 Å². The van der Waals surface area contributed by atoms with Gasteiger partial charge in [-0.05, 0) is 45.0 Å². The van der Waals surface area contributed by atoms with Crippen molar-refractivity contribution in [2.45, 2.75) is 39.5 Å². The van der Waals surface area contributed by atoms with Crippen molar-refractivity contribution in [3.63, 3.8) is 0 Å². The molecule has 0 bridgehead atoms. The van der Waals surface area contributed by atoms with Crippen molar-refractivity contribution in [3.8, 4) is 0 Å². The van der Waals surface area contributed by atoms with Crippen LogP contribution in [-0.2, 0) is 34.8 Å². The van der Waals surface area contributed by atoms with Crippen molar-refractivity contribution in [3.05, 3.63) is 66.5 Å². The Balaban J connectivity index is 0.000000691. The standard InChI is InChI=1S/C17H19N7O2.C4H10O2.Co/c25-16(18-8-12-23-10-2-6-20-23)14-4-1-5-15(22-14)17(26)19-9-13-24-11-3-7-21-24;1-4(2,3)6-5;/h1-7,10-11H,8-9,12-13H2,(H,18,25)(H,19,26);5H,1-3H3;. The van der Waals surface area contributed by atoms with E-state index in [0.29, 0.717) is 26.2 Å². The fourth-order valence-electron chi connectivity index (χ4n) is 2.23. The summed E-state index contributed by atoms with van der Waals surface area (Å²) < 4.78 is 3.44. The normalized spacial score (nSPS) is 12.0. The molecule has 0 aliphatic rings. The summed E-state index contributed by atoms with van der Waals surface area (Å²) in [6.45, 7) is 7.15. The molecule has 3 heterocycles. The van der Waals surface area contributed by atoms with Crippen LogP contribution in [0.4, 0.5) is 0 Å². The molecule has 0 spiro atoms. The Morgan fingerprint density at radius 2 is 1.30 bits per heavy atom. The number of aliphatic hydroxyl groups excluding tert-OH is 2. The van der Waals surface area contributed by atoms with E-state index in [2.05, 4.69) is 30.1 Å². The van der Waals surface area contributed by atoms with Gasteiger partial charge in [-0.15, -0.1) is 0 Å². The molecule has 33 heavy (non-hydrogen) atoms. The molecule has 3 aromatic heterocycles. The van der Waals surface area contributed by atoms with Crippen LogP contribution < -0.4 is 0 Å². The number of nitrogens with zero attached hydrogens (tertiary/aromatic N) is 7. The van der Waals surface area contributed by atoms with Crippen molar-refractivity contribution >= 4 is 11.8 Å². The Kier molecular flexibility index (Phi) is 12.0. The third-order valence-electron chi connectivity index (χ3n) is 3.78. The van der Waals surface area contributed by atoms with Gasteiger partial charge in [0.05, 0.1) is 31.8 Å². The van der Waals surface area contributed by atoms with E-state index in [0.717, 1.165) is 0 Å². The average Bonchev–Trinajstić information content (AvgIpc) is 3.48. The van der Waals surface area contributed by atoms with E-state index in [1.807, 2.05) is 24.5 Å². The summed E-state index contributed by atoms with van der Waals surface area (Å²) in [5.74, 6) is -0.383. The van der Waals surface area contributed by atoms with Gasteiger partial charge in [0, 0.05) is 41.6 Å². The quantitative estimate of drug-likeness (QED) is 0.186. The Labute approximate surface area is 202 Å². The van der Waals surface area contributed by atoms with Crippen LogP contribution in [0.5, 0.6) is 0 Å². The minimum atomic E-state index is -0.403. The smallest absolute Gasteiger partial charge is 0.232 e. The first kappa shape index (κ1) is 28.0. The average molecular weight is 502 g/mol. The molecule has 1 radical (unpaired) electrons. The zero-order valence-electron chi connectivity index (χ0n) is 18.7. The molecule has 0 fully saturated rings. The molecule has 0 aromatic carbocycles. The van der Waals surface area contributed by atoms with Crippen LogP contribution in [0.3, 0.4) is 0 Å². The van der Waals surface area contributed by atoms with Gasteiger partial charge in [0.1, 0.15) is 11.4 Å². The summed E-state index contributed by atoms with van der Waals surface area (Å²) in [5, 5.41) is 36.2. The van der Waals surface area contributed by atoms with Gasteiger partial charge < -0.3 is 10.2 Å². The molecule has 0 saturated carbocycles. The minimum absolute atomic E-state index is 0. The second kappa shape index (κ2) is 14.2. The van der Waals surface area contributed by atoms with Gasteiger partial charge in [0.15, 0.2) is 0 Å². The molecule has 11 nitrogen and oxygen atoms in total. The van der Waals surface area contributed by atoms with Crippen LogP contribution >= 0.6 is 0 Å². The Morgan fingerprint density at radius 1 is 0.879 bits per heavy atom. The first-order valence-corrected chi connectivity index (χ1v) is 10.0. The van der Waals surface area contributed by atoms with Crippen LogP contribution in [0.1, 0.15) is 32.2 Å². The minimum Gasteiger partial charge on any atom is -0.492 e. The first-order chi connectivity index (χ1) is 15.3. The third-order valence-corrected chi connectivity index (χ3v) is 3.78. The molecule has 0 aliphatic heterocycles. The second-order valence-electron chi connectivity index (χ2n) is 7.56. The molecule has 0 amide bonds. The molecule has 181 valence electrons. The zero-order valence-corrected chi connectivity index (χ0v) is 19.8. The van der Waals surface area contributed by atoms with E-state index in [-0.39, 0.29) is 40.0 Å². The summed E-state index contributed by atoms with van der Waals surface area (Å²) in [6.07, 6.45) is 7.01. The molecule has 3 N–H and O–H groups in total. The van der Waals surface area contributed by atoms with Gasteiger partial charge >= 0.3 is 0 Å².